The van der Waals surface area contributed by atoms with Crippen LogP contribution in [-0.4, -0.2) is 45.1 Å². The van der Waals surface area contributed by atoms with E-state index in [-0.39, 0.29) is 18.6 Å². The first-order chi connectivity index (χ1) is 18.7. The van der Waals surface area contributed by atoms with Crippen molar-refractivity contribution in [2.75, 3.05) is 23.8 Å². The molecule has 0 aliphatic heterocycles. The van der Waals surface area contributed by atoms with Gasteiger partial charge in [-0.3, -0.25) is 10.3 Å². The zero-order valence-corrected chi connectivity index (χ0v) is 21.8. The fourth-order valence-electron chi connectivity index (χ4n) is 3.47. The summed E-state index contributed by atoms with van der Waals surface area (Å²) in [6.45, 7) is 6.50. The first kappa shape index (κ1) is 27.0. The molecule has 0 bridgehead atoms. The second-order valence-electron chi connectivity index (χ2n) is 9.55. The summed E-state index contributed by atoms with van der Waals surface area (Å²) in [5.41, 5.74) is 1.86. The molecule has 4 aromatic rings. The molecule has 0 unspecified atom stereocenters. The Hall–Kier alpha value is -5.06. The molecule has 0 fully saturated rings. The molecule has 4 rings (SSSR count). The normalized spacial score (nSPS) is 10.9. The number of nitrogens with one attached hydrogen (secondary N) is 3. The van der Waals surface area contributed by atoms with E-state index in [0.29, 0.717) is 34.4 Å². The number of carbonyl (C=O) groups is 2. The molecule has 11 heteroatoms. The highest BCUT2D eigenvalue weighted by Gasteiger charge is 2.21. The largest absolute Gasteiger partial charge is 0.492 e. The van der Waals surface area contributed by atoms with Gasteiger partial charge in [0.15, 0.2) is 0 Å². The van der Waals surface area contributed by atoms with E-state index >= 15 is 0 Å². The molecule has 0 saturated heterocycles. The molecular formula is C28H30N6O5. The molecule has 0 aliphatic rings. The van der Waals surface area contributed by atoms with Crippen LogP contribution in [0.3, 0.4) is 0 Å². The lowest BCUT2D eigenvalue weighted by molar-refractivity contribution is 0.191. The fraction of sp³-hybridized carbons (Fsp3) is 0.214. The number of amides is 3. The highest BCUT2D eigenvalue weighted by atomic mass is 16.5. The Balaban J connectivity index is 1.43. The SMILES string of the molecule is CC(C)(C)c1cc(NC(=O)Nc2ccc(Oc3cccnc3)cc2)n(-c2ccc(OCCNC(=O)O)cc2)n1. The van der Waals surface area contributed by atoms with Crippen molar-refractivity contribution in [1.29, 1.82) is 0 Å². The van der Waals surface area contributed by atoms with E-state index in [2.05, 4.69) is 20.9 Å². The zero-order chi connectivity index (χ0) is 27.8. The number of nitrogens with zero attached hydrogens (tertiary/aromatic N) is 3. The van der Waals surface area contributed by atoms with Crippen LogP contribution in [0.25, 0.3) is 5.69 Å². The van der Waals surface area contributed by atoms with E-state index in [1.807, 2.05) is 45.0 Å². The minimum atomic E-state index is -1.10. The Morgan fingerprint density at radius 3 is 2.31 bits per heavy atom. The average Bonchev–Trinajstić information content (AvgIpc) is 3.33. The molecule has 0 spiro atoms. The number of ether oxygens (including phenoxy) is 2. The number of pyridine rings is 1. The second kappa shape index (κ2) is 12.0. The standard InChI is InChI=1S/C28H30N6O5/c1-28(2,3)24-17-25(34(33-24)20-8-12-21(13-9-20)38-16-15-30-27(36)37)32-26(35)31-19-6-10-22(11-7-19)39-23-5-4-14-29-18-23/h4-14,17-18,30H,15-16H2,1-3H3,(H,36,37)(H2,31,32,35). The van der Waals surface area contributed by atoms with Gasteiger partial charge >= 0.3 is 12.1 Å². The van der Waals surface area contributed by atoms with Crippen LogP contribution in [0.2, 0.25) is 0 Å². The highest BCUT2D eigenvalue weighted by molar-refractivity contribution is 5.99. The molecule has 202 valence electrons. The average molecular weight is 531 g/mol. The molecule has 3 amide bonds. The first-order valence-electron chi connectivity index (χ1n) is 12.2. The van der Waals surface area contributed by atoms with Gasteiger partial charge in [0.1, 0.15) is 29.7 Å². The number of urea groups is 1. The second-order valence-corrected chi connectivity index (χ2v) is 9.55. The van der Waals surface area contributed by atoms with Gasteiger partial charge < -0.3 is 25.2 Å². The van der Waals surface area contributed by atoms with Crippen molar-refractivity contribution in [1.82, 2.24) is 20.1 Å². The number of rotatable bonds is 9. The van der Waals surface area contributed by atoms with Crippen LogP contribution in [0.15, 0.2) is 79.1 Å². The maximum Gasteiger partial charge on any atom is 0.404 e. The Kier molecular flexibility index (Phi) is 8.30. The summed E-state index contributed by atoms with van der Waals surface area (Å²) in [6.07, 6.45) is 2.19. The number of hydrogen-bond donors (Lipinski definition) is 4. The Morgan fingerprint density at radius 2 is 1.67 bits per heavy atom. The van der Waals surface area contributed by atoms with Gasteiger partial charge in [-0.1, -0.05) is 20.8 Å². The van der Waals surface area contributed by atoms with E-state index in [0.717, 1.165) is 5.69 Å². The van der Waals surface area contributed by atoms with Gasteiger partial charge in [0.25, 0.3) is 0 Å². The van der Waals surface area contributed by atoms with Crippen LogP contribution in [0.1, 0.15) is 26.5 Å². The van der Waals surface area contributed by atoms with Gasteiger partial charge in [-0.25, -0.2) is 14.3 Å². The summed E-state index contributed by atoms with van der Waals surface area (Å²) in [7, 11) is 0. The number of hydrogen-bond acceptors (Lipinski definition) is 6. The van der Waals surface area contributed by atoms with E-state index in [1.54, 1.807) is 59.5 Å². The van der Waals surface area contributed by atoms with Gasteiger partial charge in [0, 0.05) is 23.4 Å². The molecule has 0 radical (unpaired) electrons. The summed E-state index contributed by atoms with van der Waals surface area (Å²) in [5.74, 6) is 2.31. The van der Waals surface area contributed by atoms with E-state index in [9.17, 15) is 9.59 Å². The van der Waals surface area contributed by atoms with Gasteiger partial charge in [-0.15, -0.1) is 0 Å². The Morgan fingerprint density at radius 1 is 0.949 bits per heavy atom. The van der Waals surface area contributed by atoms with Gasteiger partial charge in [0.2, 0.25) is 0 Å². The quantitative estimate of drug-likeness (QED) is 0.205. The van der Waals surface area contributed by atoms with Gasteiger partial charge in [-0.05, 0) is 60.7 Å². The van der Waals surface area contributed by atoms with Crippen molar-refractivity contribution in [3.63, 3.8) is 0 Å². The van der Waals surface area contributed by atoms with Crippen molar-refractivity contribution in [3.8, 4) is 22.9 Å². The minimum absolute atomic E-state index is 0.175. The number of carbonyl (C=O) groups excluding carboxylic acids is 1. The zero-order valence-electron chi connectivity index (χ0n) is 21.8. The third-order valence-electron chi connectivity index (χ3n) is 5.43. The van der Waals surface area contributed by atoms with E-state index in [1.165, 1.54) is 0 Å². The summed E-state index contributed by atoms with van der Waals surface area (Å²) in [5, 5.41) is 21.3. The number of benzene rings is 2. The van der Waals surface area contributed by atoms with Crippen LogP contribution in [0.5, 0.6) is 17.2 Å². The van der Waals surface area contributed by atoms with Crippen LogP contribution >= 0.6 is 0 Å². The molecule has 4 N–H and O–H groups in total. The van der Waals surface area contributed by atoms with Crippen molar-refractivity contribution in [2.24, 2.45) is 0 Å². The summed E-state index contributed by atoms with van der Waals surface area (Å²) in [4.78, 5) is 27.5. The lowest BCUT2D eigenvalue weighted by Crippen LogP contribution is -2.26. The number of aromatic nitrogens is 3. The molecular weight excluding hydrogens is 500 g/mol. The molecule has 2 heterocycles. The Bertz CT molecular complexity index is 1400. The molecule has 39 heavy (non-hydrogen) atoms. The third kappa shape index (κ3) is 7.71. The topological polar surface area (TPSA) is 140 Å². The lowest BCUT2D eigenvalue weighted by atomic mass is 9.92. The van der Waals surface area contributed by atoms with E-state index < -0.39 is 12.1 Å². The predicted octanol–water partition coefficient (Wildman–Crippen LogP) is 5.65. The maximum atomic E-state index is 12.9. The molecule has 0 saturated carbocycles. The molecule has 0 atom stereocenters. The lowest BCUT2D eigenvalue weighted by Gasteiger charge is -2.14. The smallest absolute Gasteiger partial charge is 0.404 e. The summed E-state index contributed by atoms with van der Waals surface area (Å²) >= 11 is 0. The summed E-state index contributed by atoms with van der Waals surface area (Å²) < 4.78 is 13.0. The first-order valence-corrected chi connectivity index (χ1v) is 12.2. The van der Waals surface area contributed by atoms with Crippen LogP contribution in [0.4, 0.5) is 21.1 Å². The van der Waals surface area contributed by atoms with Crippen molar-refractivity contribution >= 4 is 23.6 Å². The van der Waals surface area contributed by atoms with Gasteiger partial charge in [-0.2, -0.15) is 5.10 Å². The predicted molar refractivity (Wildman–Crippen MR) is 147 cm³/mol. The Labute approximate surface area is 225 Å². The van der Waals surface area contributed by atoms with E-state index in [4.69, 9.17) is 19.7 Å². The molecule has 2 aromatic carbocycles. The molecule has 2 aromatic heterocycles. The van der Waals surface area contributed by atoms with Crippen LogP contribution in [0, 0.1) is 0 Å². The van der Waals surface area contributed by atoms with Crippen LogP contribution < -0.4 is 25.4 Å². The molecule has 11 nitrogen and oxygen atoms in total. The fourth-order valence-corrected chi connectivity index (χ4v) is 3.47. The molecule has 0 aliphatic carbocycles. The monoisotopic (exact) mass is 530 g/mol. The third-order valence-corrected chi connectivity index (χ3v) is 5.43. The highest BCUT2D eigenvalue weighted by Crippen LogP contribution is 2.27. The maximum absolute atomic E-state index is 12.9. The number of anilines is 2. The van der Waals surface area contributed by atoms with Crippen molar-refractivity contribution in [3.05, 3.63) is 84.8 Å². The van der Waals surface area contributed by atoms with Crippen LogP contribution in [-0.2, 0) is 5.41 Å². The van der Waals surface area contributed by atoms with Crippen molar-refractivity contribution < 1.29 is 24.2 Å². The number of carboxylic acid groups (broad SMARTS) is 1. The van der Waals surface area contributed by atoms with Gasteiger partial charge in [0.05, 0.1) is 24.1 Å². The summed E-state index contributed by atoms with van der Waals surface area (Å²) in [6, 6.07) is 19.1. The minimum Gasteiger partial charge on any atom is -0.492 e. The van der Waals surface area contributed by atoms with Crippen molar-refractivity contribution in [2.45, 2.75) is 26.2 Å².